The summed E-state index contributed by atoms with van der Waals surface area (Å²) >= 11 is 0. The molecular weight excluding hydrogens is 354 g/mol. The van der Waals surface area contributed by atoms with Gasteiger partial charge in [-0.2, -0.15) is 0 Å². The molecule has 0 saturated carbocycles. The Balaban J connectivity index is 1.51. The van der Waals surface area contributed by atoms with E-state index in [0.717, 1.165) is 25.1 Å². The molecule has 0 aliphatic carbocycles. The lowest BCUT2D eigenvalue weighted by Crippen LogP contribution is -2.41. The number of rotatable bonds is 4. The molecule has 0 spiro atoms. The van der Waals surface area contributed by atoms with E-state index in [0.29, 0.717) is 28.2 Å². The normalized spacial score (nSPS) is 16.9. The van der Waals surface area contributed by atoms with Crippen LogP contribution in [0.15, 0.2) is 64.0 Å². The molecule has 0 N–H and O–H groups in total. The maximum Gasteiger partial charge on any atom is 0.260 e. The van der Waals surface area contributed by atoms with Crippen LogP contribution in [0.1, 0.15) is 19.8 Å². The highest BCUT2D eigenvalue weighted by molar-refractivity contribution is 5.83. The van der Waals surface area contributed by atoms with Crippen LogP contribution in [0.2, 0.25) is 0 Å². The average molecular weight is 377 g/mol. The maximum atomic E-state index is 12.8. The highest BCUT2D eigenvalue weighted by Crippen LogP contribution is 2.23. The predicted octanol–water partition coefficient (Wildman–Crippen LogP) is 4.10. The molecule has 0 unspecified atom stereocenters. The van der Waals surface area contributed by atoms with Crippen molar-refractivity contribution in [3.8, 4) is 16.9 Å². The number of likely N-dealkylation sites (tertiary alicyclic amines) is 1. The first-order chi connectivity index (χ1) is 13.6. The van der Waals surface area contributed by atoms with Gasteiger partial charge in [0.1, 0.15) is 17.6 Å². The van der Waals surface area contributed by atoms with Gasteiger partial charge >= 0.3 is 0 Å². The van der Waals surface area contributed by atoms with Crippen LogP contribution < -0.4 is 10.2 Å². The molecule has 1 aromatic heterocycles. The average Bonchev–Trinajstić information content (AvgIpc) is 2.73. The van der Waals surface area contributed by atoms with Crippen LogP contribution in [0, 0.1) is 5.92 Å². The monoisotopic (exact) mass is 377 g/mol. The molecule has 1 fully saturated rings. The number of benzene rings is 2. The Morgan fingerprint density at radius 1 is 1.21 bits per heavy atom. The first-order valence-corrected chi connectivity index (χ1v) is 9.63. The van der Waals surface area contributed by atoms with Crippen LogP contribution in [0.25, 0.3) is 22.1 Å². The number of carbonyl (C=O) groups is 1. The molecular formula is C23H23NO4. The largest absolute Gasteiger partial charge is 0.484 e. The van der Waals surface area contributed by atoms with Crippen molar-refractivity contribution < 1.29 is 13.9 Å². The van der Waals surface area contributed by atoms with Crippen LogP contribution in [0.5, 0.6) is 5.75 Å². The molecule has 5 heteroatoms. The van der Waals surface area contributed by atoms with Gasteiger partial charge in [-0.25, -0.2) is 0 Å². The predicted molar refractivity (Wildman–Crippen MR) is 108 cm³/mol. The van der Waals surface area contributed by atoms with Gasteiger partial charge in [-0.05, 0) is 36.5 Å². The fourth-order valence-electron chi connectivity index (χ4n) is 3.67. The zero-order valence-electron chi connectivity index (χ0n) is 15.9. The van der Waals surface area contributed by atoms with Crippen molar-refractivity contribution in [3.05, 3.63) is 65.0 Å². The highest BCUT2D eigenvalue weighted by atomic mass is 16.5. The van der Waals surface area contributed by atoms with Crippen LogP contribution in [0.3, 0.4) is 0 Å². The molecule has 2 heterocycles. The van der Waals surface area contributed by atoms with Gasteiger partial charge in [-0.15, -0.1) is 0 Å². The second-order valence-corrected chi connectivity index (χ2v) is 7.38. The summed E-state index contributed by atoms with van der Waals surface area (Å²) in [6.07, 6.45) is 3.68. The van der Waals surface area contributed by atoms with E-state index >= 15 is 0 Å². The van der Waals surface area contributed by atoms with E-state index in [4.69, 9.17) is 9.15 Å². The Morgan fingerprint density at radius 2 is 2.04 bits per heavy atom. The van der Waals surface area contributed by atoms with E-state index in [-0.39, 0.29) is 17.9 Å². The van der Waals surface area contributed by atoms with Crippen molar-refractivity contribution >= 4 is 16.9 Å². The van der Waals surface area contributed by atoms with Crippen LogP contribution in [-0.4, -0.2) is 30.5 Å². The molecule has 144 valence electrons. The second kappa shape index (κ2) is 7.89. The van der Waals surface area contributed by atoms with Crippen molar-refractivity contribution in [3.63, 3.8) is 0 Å². The number of amides is 1. The topological polar surface area (TPSA) is 59.8 Å². The molecule has 1 aliphatic rings. The third-order valence-corrected chi connectivity index (χ3v) is 5.20. The molecule has 0 radical (unpaired) electrons. The number of piperidine rings is 1. The first-order valence-electron chi connectivity index (χ1n) is 9.63. The van der Waals surface area contributed by atoms with Gasteiger partial charge in [0.05, 0.1) is 10.9 Å². The van der Waals surface area contributed by atoms with Gasteiger partial charge in [-0.3, -0.25) is 9.59 Å². The van der Waals surface area contributed by atoms with Crippen molar-refractivity contribution in [2.45, 2.75) is 19.8 Å². The molecule has 1 aliphatic heterocycles. The Labute approximate surface area is 163 Å². The molecule has 1 atom stereocenters. The number of hydrogen-bond acceptors (Lipinski definition) is 4. The fourth-order valence-corrected chi connectivity index (χ4v) is 3.67. The lowest BCUT2D eigenvalue weighted by atomic mass is 10.0. The molecule has 0 bridgehead atoms. The van der Waals surface area contributed by atoms with Crippen LogP contribution in [0.4, 0.5) is 0 Å². The molecule has 1 saturated heterocycles. The zero-order chi connectivity index (χ0) is 19.5. The van der Waals surface area contributed by atoms with Gasteiger partial charge in [0.15, 0.2) is 12.0 Å². The summed E-state index contributed by atoms with van der Waals surface area (Å²) in [4.78, 5) is 27.0. The van der Waals surface area contributed by atoms with Crippen LogP contribution >= 0.6 is 0 Å². The second-order valence-electron chi connectivity index (χ2n) is 7.38. The maximum absolute atomic E-state index is 12.8. The molecule has 1 amide bonds. The number of hydrogen-bond donors (Lipinski definition) is 0. The Morgan fingerprint density at radius 3 is 2.82 bits per heavy atom. The Kier molecular flexibility index (Phi) is 5.15. The van der Waals surface area contributed by atoms with Gasteiger partial charge in [-0.1, -0.05) is 37.3 Å². The summed E-state index contributed by atoms with van der Waals surface area (Å²) in [6.45, 7) is 3.73. The molecule has 5 nitrogen and oxygen atoms in total. The standard InChI is InChI=1S/C23H23NO4/c1-16-6-5-11-24(13-16)22(25)15-27-18-9-10-19-21(12-18)28-14-20(23(19)26)17-7-3-2-4-8-17/h2-4,7-10,12,14,16H,5-6,11,13,15H2,1H3/t16-/m1/s1. The SMILES string of the molecule is C[C@@H]1CCCN(C(=O)COc2ccc3c(=O)c(-c4ccccc4)coc3c2)C1. The van der Waals surface area contributed by atoms with Gasteiger partial charge in [0.25, 0.3) is 5.91 Å². The van der Waals surface area contributed by atoms with Crippen LogP contribution in [-0.2, 0) is 4.79 Å². The van der Waals surface area contributed by atoms with E-state index in [1.165, 1.54) is 12.7 Å². The number of fused-ring (bicyclic) bond motifs is 1. The van der Waals surface area contributed by atoms with Crippen molar-refractivity contribution in [1.82, 2.24) is 4.90 Å². The smallest absolute Gasteiger partial charge is 0.260 e. The lowest BCUT2D eigenvalue weighted by molar-refractivity contribution is -0.135. The molecule has 28 heavy (non-hydrogen) atoms. The van der Waals surface area contributed by atoms with Crippen molar-refractivity contribution in [2.75, 3.05) is 19.7 Å². The summed E-state index contributed by atoms with van der Waals surface area (Å²) in [5, 5.41) is 0.491. The Hall–Kier alpha value is -3.08. The summed E-state index contributed by atoms with van der Waals surface area (Å²) < 4.78 is 11.3. The third kappa shape index (κ3) is 3.79. The minimum absolute atomic E-state index is 0.00692. The Bertz CT molecular complexity index is 1040. The van der Waals surface area contributed by atoms with E-state index in [1.54, 1.807) is 18.2 Å². The van der Waals surface area contributed by atoms with Crippen molar-refractivity contribution in [1.29, 1.82) is 0 Å². The summed E-state index contributed by atoms with van der Waals surface area (Å²) in [6, 6.07) is 14.5. The van der Waals surface area contributed by atoms with Crippen molar-refractivity contribution in [2.24, 2.45) is 5.92 Å². The number of nitrogens with zero attached hydrogens (tertiary/aromatic N) is 1. The van der Waals surface area contributed by atoms with E-state index in [2.05, 4.69) is 6.92 Å². The number of ether oxygens (including phenoxy) is 1. The zero-order valence-corrected chi connectivity index (χ0v) is 15.9. The first kappa shape index (κ1) is 18.3. The molecule has 3 aromatic rings. The lowest BCUT2D eigenvalue weighted by Gasteiger charge is -2.30. The summed E-state index contributed by atoms with van der Waals surface area (Å²) in [5.41, 5.74) is 1.70. The fraction of sp³-hybridized carbons (Fsp3) is 0.304. The van der Waals surface area contributed by atoms with E-state index in [1.807, 2.05) is 35.2 Å². The van der Waals surface area contributed by atoms with E-state index < -0.39 is 0 Å². The van der Waals surface area contributed by atoms with Gasteiger partial charge < -0.3 is 14.1 Å². The summed E-state index contributed by atoms with van der Waals surface area (Å²) in [7, 11) is 0. The minimum Gasteiger partial charge on any atom is -0.484 e. The molecule has 4 rings (SSSR count). The quantitative estimate of drug-likeness (QED) is 0.687. The highest BCUT2D eigenvalue weighted by Gasteiger charge is 2.21. The van der Waals surface area contributed by atoms with Gasteiger partial charge in [0, 0.05) is 19.2 Å². The number of carbonyl (C=O) groups excluding carboxylic acids is 1. The third-order valence-electron chi connectivity index (χ3n) is 5.20. The summed E-state index contributed by atoms with van der Waals surface area (Å²) in [5.74, 6) is 1.04. The minimum atomic E-state index is -0.0858. The van der Waals surface area contributed by atoms with Gasteiger partial charge in [0.2, 0.25) is 0 Å². The van der Waals surface area contributed by atoms with E-state index in [9.17, 15) is 9.59 Å². The molecule has 2 aromatic carbocycles.